The summed E-state index contributed by atoms with van der Waals surface area (Å²) in [5, 5.41) is 0.469. The lowest BCUT2D eigenvalue weighted by atomic mass is 10.2. The summed E-state index contributed by atoms with van der Waals surface area (Å²) in [5.74, 6) is 0.756. The molecule has 1 aliphatic heterocycles. The number of halogens is 1. The Morgan fingerprint density at radius 3 is 2.17 bits per heavy atom. The maximum Gasteiger partial charge on any atom is 0.263 e. The van der Waals surface area contributed by atoms with Gasteiger partial charge in [0, 0.05) is 37.7 Å². The van der Waals surface area contributed by atoms with Gasteiger partial charge in [-0.2, -0.15) is 0 Å². The van der Waals surface area contributed by atoms with Gasteiger partial charge in [-0.15, -0.1) is 0 Å². The molecule has 1 aromatic heterocycles. The van der Waals surface area contributed by atoms with Crippen molar-refractivity contribution in [1.29, 1.82) is 0 Å². The van der Waals surface area contributed by atoms with Crippen LogP contribution >= 0.6 is 11.6 Å². The molecule has 0 unspecified atom stereocenters. The van der Waals surface area contributed by atoms with Crippen LogP contribution in [0.1, 0.15) is 5.56 Å². The third-order valence-corrected chi connectivity index (χ3v) is 7.66. The molecule has 0 radical (unpaired) electrons. The number of fused-ring (bicyclic) bond motifs is 1. The number of hydrogen-bond acceptors (Lipinski definition) is 6. The van der Waals surface area contributed by atoms with Crippen molar-refractivity contribution in [2.24, 2.45) is 0 Å². The van der Waals surface area contributed by atoms with E-state index in [1.807, 2.05) is 42.5 Å². The average Bonchev–Trinajstić information content (AvgIpc) is 2.89. The van der Waals surface area contributed by atoms with Crippen molar-refractivity contribution in [1.82, 2.24) is 14.9 Å². The molecule has 2 heterocycles. The molecule has 0 aliphatic carbocycles. The number of piperazine rings is 1. The van der Waals surface area contributed by atoms with Gasteiger partial charge in [0.15, 0.2) is 11.6 Å². The number of anilines is 2. The fraction of sp³-hybridized carbons (Fsp3) is 0.185. The molecule has 7 nitrogen and oxygen atoms in total. The van der Waals surface area contributed by atoms with Crippen LogP contribution < -0.4 is 9.62 Å². The minimum atomic E-state index is -3.87. The molecule has 0 spiro atoms. The van der Waals surface area contributed by atoms with E-state index >= 15 is 0 Å². The summed E-state index contributed by atoms with van der Waals surface area (Å²) in [6.07, 6.45) is 4.30. The Bertz CT molecular complexity index is 1470. The molecule has 184 valence electrons. The van der Waals surface area contributed by atoms with Crippen molar-refractivity contribution in [3.05, 3.63) is 95.5 Å². The Hall–Kier alpha value is -3.46. The second-order valence-corrected chi connectivity index (χ2v) is 10.7. The number of nitrogens with zero attached hydrogens (tertiary/aromatic N) is 4. The van der Waals surface area contributed by atoms with E-state index in [9.17, 15) is 8.42 Å². The van der Waals surface area contributed by atoms with Crippen molar-refractivity contribution in [3.63, 3.8) is 0 Å². The van der Waals surface area contributed by atoms with Crippen LogP contribution in [-0.2, 0) is 10.0 Å². The molecule has 1 N–H and O–H groups in total. The molecule has 1 fully saturated rings. The van der Waals surface area contributed by atoms with Gasteiger partial charge < -0.3 is 4.90 Å². The predicted molar refractivity (Wildman–Crippen MR) is 146 cm³/mol. The average molecular weight is 520 g/mol. The van der Waals surface area contributed by atoms with Gasteiger partial charge in [-0.25, -0.2) is 18.4 Å². The van der Waals surface area contributed by atoms with Gasteiger partial charge in [-0.1, -0.05) is 66.2 Å². The summed E-state index contributed by atoms with van der Waals surface area (Å²) in [5.41, 5.74) is 2.52. The Morgan fingerprint density at radius 2 is 1.47 bits per heavy atom. The zero-order chi connectivity index (χ0) is 25.0. The van der Waals surface area contributed by atoms with Crippen molar-refractivity contribution in [2.75, 3.05) is 42.3 Å². The normalized spacial score (nSPS) is 15.0. The van der Waals surface area contributed by atoms with Crippen molar-refractivity contribution in [3.8, 4) is 0 Å². The number of para-hydroxylation sites is 2. The summed E-state index contributed by atoms with van der Waals surface area (Å²) in [7, 11) is -3.87. The first-order valence-corrected chi connectivity index (χ1v) is 13.6. The van der Waals surface area contributed by atoms with Gasteiger partial charge in [0.2, 0.25) is 0 Å². The van der Waals surface area contributed by atoms with Gasteiger partial charge >= 0.3 is 0 Å². The Morgan fingerprint density at radius 1 is 0.833 bits per heavy atom. The van der Waals surface area contributed by atoms with Crippen molar-refractivity contribution in [2.45, 2.75) is 4.90 Å². The summed E-state index contributed by atoms with van der Waals surface area (Å²) in [6.45, 7) is 3.93. The summed E-state index contributed by atoms with van der Waals surface area (Å²) >= 11 is 5.94. The zero-order valence-electron chi connectivity index (χ0n) is 19.6. The molecule has 5 rings (SSSR count). The Labute approximate surface area is 216 Å². The predicted octanol–water partition coefficient (Wildman–Crippen LogP) is 4.92. The quantitative estimate of drug-likeness (QED) is 0.373. The maximum absolute atomic E-state index is 13.1. The van der Waals surface area contributed by atoms with Crippen LogP contribution in [-0.4, -0.2) is 56.0 Å². The van der Waals surface area contributed by atoms with Crippen LogP contribution in [0.4, 0.5) is 11.6 Å². The van der Waals surface area contributed by atoms with E-state index in [0.29, 0.717) is 29.4 Å². The lowest BCUT2D eigenvalue weighted by Crippen LogP contribution is -2.47. The van der Waals surface area contributed by atoms with Gasteiger partial charge in [0.1, 0.15) is 0 Å². The van der Waals surface area contributed by atoms with Gasteiger partial charge in [-0.3, -0.25) is 9.62 Å². The van der Waals surface area contributed by atoms with Crippen LogP contribution in [0.5, 0.6) is 0 Å². The molecule has 3 aromatic carbocycles. The number of benzene rings is 3. The maximum atomic E-state index is 13.1. The van der Waals surface area contributed by atoms with Crippen molar-refractivity contribution >= 4 is 50.4 Å². The number of nitrogens with one attached hydrogen (secondary N) is 1. The Balaban J connectivity index is 1.35. The van der Waals surface area contributed by atoms with Crippen LogP contribution in [0.25, 0.3) is 17.1 Å². The molecule has 9 heteroatoms. The minimum absolute atomic E-state index is 0.114. The van der Waals surface area contributed by atoms with E-state index in [1.54, 1.807) is 12.1 Å². The number of aromatic nitrogens is 2. The first kappa shape index (κ1) is 24.2. The van der Waals surface area contributed by atoms with Gasteiger partial charge in [-0.05, 0) is 42.0 Å². The second-order valence-electron chi connectivity index (χ2n) is 8.54. The van der Waals surface area contributed by atoms with E-state index in [0.717, 1.165) is 25.2 Å². The lowest BCUT2D eigenvalue weighted by Gasteiger charge is -2.35. The molecule has 4 aromatic rings. The molecular formula is C27H26ClN5O2S. The van der Waals surface area contributed by atoms with Crippen LogP contribution in [0, 0.1) is 0 Å². The number of rotatable bonds is 7. The van der Waals surface area contributed by atoms with Crippen LogP contribution in [0.2, 0.25) is 5.02 Å². The van der Waals surface area contributed by atoms with E-state index in [-0.39, 0.29) is 10.7 Å². The largest absolute Gasteiger partial charge is 0.351 e. The fourth-order valence-corrected chi connectivity index (χ4v) is 5.25. The van der Waals surface area contributed by atoms with E-state index in [1.165, 1.54) is 17.7 Å². The molecular weight excluding hydrogens is 494 g/mol. The minimum Gasteiger partial charge on any atom is -0.351 e. The Kier molecular flexibility index (Phi) is 7.18. The first-order valence-electron chi connectivity index (χ1n) is 11.7. The van der Waals surface area contributed by atoms with Crippen LogP contribution in [0.15, 0.2) is 89.8 Å². The fourth-order valence-electron chi connectivity index (χ4n) is 4.12. The number of hydrogen-bond donors (Lipinski definition) is 1. The third kappa shape index (κ3) is 5.67. The number of sulfonamides is 1. The highest BCUT2D eigenvalue weighted by Crippen LogP contribution is 2.28. The SMILES string of the molecule is O=S(=O)(Nc1nc2ccccc2nc1N1CCN(C/C=C/c2ccccc2)CC1)c1ccc(Cl)cc1. The molecule has 0 atom stereocenters. The summed E-state index contributed by atoms with van der Waals surface area (Å²) in [6, 6.07) is 23.7. The topological polar surface area (TPSA) is 78.4 Å². The highest BCUT2D eigenvalue weighted by atomic mass is 35.5. The molecule has 1 aliphatic rings. The smallest absolute Gasteiger partial charge is 0.263 e. The molecule has 0 amide bonds. The van der Waals surface area contributed by atoms with Crippen molar-refractivity contribution < 1.29 is 8.42 Å². The van der Waals surface area contributed by atoms with Gasteiger partial charge in [0.05, 0.1) is 15.9 Å². The van der Waals surface area contributed by atoms with E-state index in [2.05, 4.69) is 43.8 Å². The second kappa shape index (κ2) is 10.7. The first-order chi connectivity index (χ1) is 17.5. The molecule has 36 heavy (non-hydrogen) atoms. The zero-order valence-corrected chi connectivity index (χ0v) is 21.2. The van der Waals surface area contributed by atoms with Crippen LogP contribution in [0.3, 0.4) is 0 Å². The monoisotopic (exact) mass is 519 g/mol. The standard InChI is InChI=1S/C27H26ClN5O2S/c28-22-12-14-23(15-13-22)36(34,35)31-26-27(30-25-11-5-4-10-24(25)29-26)33-19-17-32(18-20-33)16-6-9-21-7-2-1-3-8-21/h1-15H,16-20H2,(H,29,31)/b9-6+. The summed E-state index contributed by atoms with van der Waals surface area (Å²) in [4.78, 5) is 14.0. The highest BCUT2D eigenvalue weighted by Gasteiger charge is 2.24. The van der Waals surface area contributed by atoms with E-state index in [4.69, 9.17) is 16.6 Å². The third-order valence-electron chi connectivity index (χ3n) is 6.05. The molecule has 0 saturated carbocycles. The highest BCUT2D eigenvalue weighted by molar-refractivity contribution is 7.92. The van der Waals surface area contributed by atoms with E-state index < -0.39 is 10.0 Å². The molecule has 1 saturated heterocycles. The van der Waals surface area contributed by atoms with Gasteiger partial charge in [0.25, 0.3) is 10.0 Å². The molecule has 0 bridgehead atoms. The summed E-state index contributed by atoms with van der Waals surface area (Å²) < 4.78 is 28.9. The lowest BCUT2D eigenvalue weighted by molar-refractivity contribution is 0.284.